The Kier molecular flexibility index (Phi) is 9.27. The largest absolute Gasteiger partial charge is 0.481 e. The van der Waals surface area contributed by atoms with Crippen LogP contribution in [0.3, 0.4) is 0 Å². The number of carboxylic acids is 1. The molecule has 1 heterocycles. The second-order valence-corrected chi connectivity index (χ2v) is 12.4. The molecule has 5 aliphatic rings. The third-order valence-electron chi connectivity index (χ3n) is 9.99. The van der Waals surface area contributed by atoms with Crippen molar-refractivity contribution in [2.75, 3.05) is 0 Å². The van der Waals surface area contributed by atoms with Gasteiger partial charge in [0, 0.05) is 24.4 Å². The molecule has 2 saturated carbocycles. The van der Waals surface area contributed by atoms with Gasteiger partial charge in [-0.1, -0.05) is 56.4 Å². The van der Waals surface area contributed by atoms with E-state index in [-0.39, 0.29) is 6.10 Å². The van der Waals surface area contributed by atoms with Gasteiger partial charge in [0.1, 0.15) is 0 Å². The minimum Gasteiger partial charge on any atom is -0.481 e. The van der Waals surface area contributed by atoms with Gasteiger partial charge in [-0.25, -0.2) is 0 Å². The minimum atomic E-state index is -0.637. The molecule has 4 heteroatoms. The summed E-state index contributed by atoms with van der Waals surface area (Å²) in [5, 5.41) is 9.21. The molecule has 0 saturated heterocycles. The summed E-state index contributed by atoms with van der Waals surface area (Å²) in [6, 6.07) is 1.10. The molecule has 200 valence electrons. The first-order valence-corrected chi connectivity index (χ1v) is 15.3. The zero-order valence-electron chi connectivity index (χ0n) is 22.4. The van der Waals surface area contributed by atoms with Crippen LogP contribution in [0.15, 0.2) is 36.1 Å². The van der Waals surface area contributed by atoms with Crippen LogP contribution in [0.5, 0.6) is 0 Å². The van der Waals surface area contributed by atoms with Crippen molar-refractivity contribution in [3.63, 3.8) is 0 Å². The highest BCUT2D eigenvalue weighted by Gasteiger charge is 2.40. The predicted molar refractivity (Wildman–Crippen MR) is 146 cm³/mol. The number of nitrogens with zero attached hydrogens (tertiary/aromatic N) is 1. The number of carboxylic acid groups (broad SMARTS) is 1. The first-order valence-electron chi connectivity index (χ1n) is 15.3. The maximum Gasteiger partial charge on any atom is 0.303 e. The summed E-state index contributed by atoms with van der Waals surface area (Å²) in [7, 11) is 0. The molecule has 0 aromatic heterocycles. The van der Waals surface area contributed by atoms with Gasteiger partial charge in [0.2, 0.25) is 0 Å². The van der Waals surface area contributed by atoms with Crippen molar-refractivity contribution in [3.8, 4) is 0 Å². The molecule has 5 rings (SSSR count). The van der Waals surface area contributed by atoms with Gasteiger partial charge < -0.3 is 14.7 Å². The Labute approximate surface area is 219 Å². The number of hydrogen-bond donors (Lipinski definition) is 1. The van der Waals surface area contributed by atoms with Crippen LogP contribution in [-0.2, 0) is 9.53 Å². The molecule has 4 aliphatic carbocycles. The summed E-state index contributed by atoms with van der Waals surface area (Å²) in [5.41, 5.74) is 1.71. The van der Waals surface area contributed by atoms with Gasteiger partial charge in [0.15, 0.2) is 0 Å². The van der Waals surface area contributed by atoms with Crippen LogP contribution in [0.25, 0.3) is 0 Å². The fourth-order valence-electron chi connectivity index (χ4n) is 7.86. The van der Waals surface area contributed by atoms with Gasteiger partial charge in [-0.3, -0.25) is 4.79 Å². The molecule has 1 N–H and O–H groups in total. The Morgan fingerprint density at radius 3 is 2.47 bits per heavy atom. The van der Waals surface area contributed by atoms with E-state index in [0.717, 1.165) is 38.0 Å². The van der Waals surface area contributed by atoms with E-state index in [1.165, 1.54) is 77.0 Å². The van der Waals surface area contributed by atoms with Gasteiger partial charge in [-0.05, 0) is 101 Å². The quantitative estimate of drug-likeness (QED) is 0.332. The SMILES string of the molecule is O=C(O)CCC1CCC2C(CCC3CCCCC3)=CN(C3C=CC(OC4CC=CCC4)CC3)C2CC1. The Morgan fingerprint density at radius 1 is 0.889 bits per heavy atom. The normalized spacial score (nSPS) is 35.3. The number of fused-ring (bicyclic) bond motifs is 1. The van der Waals surface area contributed by atoms with Gasteiger partial charge in [0.25, 0.3) is 0 Å². The molecule has 0 bridgehead atoms. The predicted octanol–water partition coefficient (Wildman–Crippen LogP) is 7.80. The number of carbonyl (C=O) groups is 1. The van der Waals surface area contributed by atoms with Crippen LogP contribution in [0, 0.1) is 17.8 Å². The third kappa shape index (κ3) is 6.85. The van der Waals surface area contributed by atoms with Crippen LogP contribution < -0.4 is 0 Å². The van der Waals surface area contributed by atoms with E-state index in [4.69, 9.17) is 4.74 Å². The van der Waals surface area contributed by atoms with E-state index < -0.39 is 5.97 Å². The van der Waals surface area contributed by atoms with Gasteiger partial charge in [0.05, 0.1) is 12.2 Å². The molecule has 6 atom stereocenters. The van der Waals surface area contributed by atoms with Crippen LogP contribution in [0.4, 0.5) is 0 Å². The summed E-state index contributed by atoms with van der Waals surface area (Å²) < 4.78 is 6.44. The van der Waals surface area contributed by atoms with Gasteiger partial charge >= 0.3 is 5.97 Å². The molecule has 0 amide bonds. The lowest BCUT2D eigenvalue weighted by atomic mass is 9.82. The second-order valence-electron chi connectivity index (χ2n) is 12.4. The highest BCUT2D eigenvalue weighted by Crippen LogP contribution is 2.45. The van der Waals surface area contributed by atoms with Crippen molar-refractivity contribution in [1.29, 1.82) is 0 Å². The monoisotopic (exact) mass is 495 g/mol. The lowest BCUT2D eigenvalue weighted by Gasteiger charge is -2.37. The van der Waals surface area contributed by atoms with E-state index in [9.17, 15) is 9.90 Å². The molecule has 0 spiro atoms. The molecule has 0 aromatic carbocycles. The lowest BCUT2D eigenvalue weighted by molar-refractivity contribution is -0.137. The Hall–Kier alpha value is -1.55. The zero-order valence-corrected chi connectivity index (χ0v) is 22.4. The average Bonchev–Trinajstić information content (AvgIpc) is 3.11. The van der Waals surface area contributed by atoms with Crippen molar-refractivity contribution >= 4 is 5.97 Å². The van der Waals surface area contributed by atoms with Crippen molar-refractivity contribution in [3.05, 3.63) is 36.1 Å². The summed E-state index contributed by atoms with van der Waals surface area (Å²) in [6.45, 7) is 0. The van der Waals surface area contributed by atoms with E-state index in [2.05, 4.69) is 35.4 Å². The number of ether oxygens (including phenoxy) is 1. The Morgan fingerprint density at radius 2 is 1.72 bits per heavy atom. The number of hydrogen-bond acceptors (Lipinski definition) is 3. The maximum atomic E-state index is 11.2. The Balaban J connectivity index is 1.23. The summed E-state index contributed by atoms with van der Waals surface area (Å²) in [5.74, 6) is 1.56. The summed E-state index contributed by atoms with van der Waals surface area (Å²) in [4.78, 5) is 13.9. The topological polar surface area (TPSA) is 49.8 Å². The van der Waals surface area contributed by atoms with E-state index in [1.807, 2.05) is 0 Å². The first-order chi connectivity index (χ1) is 17.7. The fraction of sp³-hybridized carbons (Fsp3) is 0.781. The van der Waals surface area contributed by atoms with Crippen LogP contribution in [0.1, 0.15) is 116 Å². The highest BCUT2D eigenvalue weighted by molar-refractivity contribution is 5.66. The van der Waals surface area contributed by atoms with Crippen molar-refractivity contribution in [2.24, 2.45) is 17.8 Å². The first kappa shape index (κ1) is 26.1. The highest BCUT2D eigenvalue weighted by atomic mass is 16.5. The molecule has 6 unspecified atom stereocenters. The molecular formula is C32H49NO3. The fourth-order valence-corrected chi connectivity index (χ4v) is 7.86. The molecule has 0 aromatic rings. The Bertz CT molecular complexity index is 810. The van der Waals surface area contributed by atoms with E-state index in [0.29, 0.717) is 36.4 Å². The minimum absolute atomic E-state index is 0.278. The molecule has 2 fully saturated rings. The lowest BCUT2D eigenvalue weighted by Crippen LogP contribution is -2.40. The second kappa shape index (κ2) is 12.8. The smallest absolute Gasteiger partial charge is 0.303 e. The van der Waals surface area contributed by atoms with E-state index >= 15 is 0 Å². The van der Waals surface area contributed by atoms with Gasteiger partial charge in [-0.2, -0.15) is 0 Å². The number of allylic oxidation sites excluding steroid dienone is 1. The number of rotatable bonds is 9. The third-order valence-corrected chi connectivity index (χ3v) is 9.99. The van der Waals surface area contributed by atoms with E-state index in [1.54, 1.807) is 5.57 Å². The molecule has 1 aliphatic heterocycles. The summed E-state index contributed by atoms with van der Waals surface area (Å²) in [6.07, 6.45) is 34.2. The summed E-state index contributed by atoms with van der Waals surface area (Å²) >= 11 is 0. The maximum absolute atomic E-state index is 11.2. The van der Waals surface area contributed by atoms with Crippen molar-refractivity contribution in [1.82, 2.24) is 4.90 Å². The van der Waals surface area contributed by atoms with Crippen LogP contribution in [-0.4, -0.2) is 40.3 Å². The van der Waals surface area contributed by atoms with Crippen molar-refractivity contribution < 1.29 is 14.6 Å². The van der Waals surface area contributed by atoms with Gasteiger partial charge in [-0.15, -0.1) is 0 Å². The van der Waals surface area contributed by atoms with Crippen molar-refractivity contribution in [2.45, 2.75) is 140 Å². The molecule has 4 nitrogen and oxygen atoms in total. The number of aliphatic carboxylic acids is 1. The standard InChI is InChI=1S/C32H49NO3/c34-32(35)22-14-25-12-20-30-26(15-11-24-7-3-1-4-8-24)23-33(31(30)21-13-25)27-16-18-29(19-17-27)36-28-9-5-2-6-10-28/h2,5,16,18,23-25,27-31H,1,3-4,6-15,17,19-22H2,(H,34,35). The zero-order chi connectivity index (χ0) is 24.7. The molecule has 0 radical (unpaired) electrons. The van der Waals surface area contributed by atoms with Crippen LogP contribution >= 0.6 is 0 Å². The molecule has 36 heavy (non-hydrogen) atoms. The van der Waals surface area contributed by atoms with Crippen LogP contribution in [0.2, 0.25) is 0 Å². The molecular weight excluding hydrogens is 446 g/mol. The average molecular weight is 496 g/mol.